The summed E-state index contributed by atoms with van der Waals surface area (Å²) in [6, 6.07) is 15.3. The van der Waals surface area contributed by atoms with E-state index in [1.807, 2.05) is 30.3 Å². The van der Waals surface area contributed by atoms with Crippen LogP contribution in [0.2, 0.25) is 0 Å². The largest absolute Gasteiger partial charge is 0.383 e. The fraction of sp³-hybridized carbons (Fsp3) is 0.158. The zero-order valence-electron chi connectivity index (χ0n) is 14.1. The number of halogens is 2. The molecular formula is C19H17F2NO3S2. The van der Waals surface area contributed by atoms with E-state index in [0.29, 0.717) is 15.8 Å². The molecule has 0 aliphatic rings. The molecule has 0 aliphatic carbocycles. The summed E-state index contributed by atoms with van der Waals surface area (Å²) in [6.07, 6.45) is -0.781. The Morgan fingerprint density at radius 2 is 1.67 bits per heavy atom. The summed E-state index contributed by atoms with van der Waals surface area (Å²) in [5.74, 6) is -2.16. The van der Waals surface area contributed by atoms with Crippen LogP contribution >= 0.6 is 11.3 Å². The van der Waals surface area contributed by atoms with Crippen molar-refractivity contribution in [3.05, 3.63) is 93.2 Å². The van der Waals surface area contributed by atoms with Gasteiger partial charge in [0.15, 0.2) is 0 Å². The van der Waals surface area contributed by atoms with Crippen molar-refractivity contribution in [1.29, 1.82) is 0 Å². The molecule has 1 aromatic heterocycles. The van der Waals surface area contributed by atoms with Crippen molar-refractivity contribution >= 4 is 21.4 Å². The number of benzene rings is 2. The molecule has 0 aliphatic heterocycles. The van der Waals surface area contributed by atoms with Crippen LogP contribution in [0.3, 0.4) is 0 Å². The Bertz CT molecular complexity index is 1000. The van der Waals surface area contributed by atoms with Crippen LogP contribution in [-0.4, -0.2) is 13.5 Å². The summed E-state index contributed by atoms with van der Waals surface area (Å²) in [5, 5.41) is 10.4. The molecule has 0 fully saturated rings. The Labute approximate surface area is 160 Å². The number of hydrogen-bond acceptors (Lipinski definition) is 4. The first kappa shape index (κ1) is 19.6. The Morgan fingerprint density at radius 1 is 1.00 bits per heavy atom. The van der Waals surface area contributed by atoms with E-state index in [4.69, 9.17) is 0 Å². The lowest BCUT2D eigenvalue weighted by Crippen LogP contribution is -2.24. The predicted molar refractivity (Wildman–Crippen MR) is 101 cm³/mol. The Kier molecular flexibility index (Phi) is 6.01. The number of hydrogen-bond donors (Lipinski definition) is 2. The van der Waals surface area contributed by atoms with Crippen LogP contribution in [0, 0.1) is 11.6 Å². The molecule has 3 aromatic rings. The first-order chi connectivity index (χ1) is 12.8. The highest BCUT2D eigenvalue weighted by atomic mass is 32.2. The van der Waals surface area contributed by atoms with E-state index >= 15 is 0 Å². The number of thiophene rings is 1. The van der Waals surface area contributed by atoms with Crippen molar-refractivity contribution in [2.24, 2.45) is 0 Å². The maximum atomic E-state index is 13.2. The van der Waals surface area contributed by atoms with Crippen molar-refractivity contribution in [2.45, 2.75) is 18.4 Å². The van der Waals surface area contributed by atoms with E-state index in [2.05, 4.69) is 4.72 Å². The van der Waals surface area contributed by atoms with Crippen LogP contribution < -0.4 is 4.72 Å². The van der Waals surface area contributed by atoms with Gasteiger partial charge in [0.2, 0.25) is 10.0 Å². The molecule has 0 saturated heterocycles. The van der Waals surface area contributed by atoms with Gasteiger partial charge in [-0.05, 0) is 35.4 Å². The van der Waals surface area contributed by atoms with Gasteiger partial charge in [0.1, 0.15) is 17.7 Å². The SMILES string of the molecule is O=S(=O)(Cc1cc(F)cc(F)c1)NCc1ccc(C(O)c2ccccc2)s1. The van der Waals surface area contributed by atoms with Crippen molar-refractivity contribution in [3.63, 3.8) is 0 Å². The van der Waals surface area contributed by atoms with Gasteiger partial charge in [-0.25, -0.2) is 21.9 Å². The molecule has 27 heavy (non-hydrogen) atoms. The first-order valence-corrected chi connectivity index (χ1v) is 10.5. The molecule has 2 aromatic carbocycles. The zero-order chi connectivity index (χ0) is 19.4. The van der Waals surface area contributed by atoms with Gasteiger partial charge in [-0.2, -0.15) is 0 Å². The van der Waals surface area contributed by atoms with Gasteiger partial charge in [-0.3, -0.25) is 0 Å². The van der Waals surface area contributed by atoms with Crippen molar-refractivity contribution < 1.29 is 22.3 Å². The number of aliphatic hydroxyl groups is 1. The third-order valence-electron chi connectivity index (χ3n) is 3.81. The maximum absolute atomic E-state index is 13.2. The van der Waals surface area contributed by atoms with Gasteiger partial charge in [-0.15, -0.1) is 11.3 Å². The fourth-order valence-electron chi connectivity index (χ4n) is 2.58. The Morgan fingerprint density at radius 3 is 2.33 bits per heavy atom. The molecule has 0 bridgehead atoms. The zero-order valence-corrected chi connectivity index (χ0v) is 15.7. The smallest absolute Gasteiger partial charge is 0.216 e. The van der Waals surface area contributed by atoms with E-state index in [0.717, 1.165) is 17.7 Å². The lowest BCUT2D eigenvalue weighted by Gasteiger charge is -2.08. The summed E-state index contributed by atoms with van der Waals surface area (Å²) >= 11 is 1.29. The Hall–Kier alpha value is -2.13. The van der Waals surface area contributed by atoms with Gasteiger partial charge < -0.3 is 5.11 Å². The highest BCUT2D eigenvalue weighted by molar-refractivity contribution is 7.88. The lowest BCUT2D eigenvalue weighted by atomic mass is 10.1. The highest BCUT2D eigenvalue weighted by Gasteiger charge is 2.16. The average molecular weight is 409 g/mol. The quantitative estimate of drug-likeness (QED) is 0.625. The van der Waals surface area contributed by atoms with E-state index in [1.54, 1.807) is 12.1 Å². The van der Waals surface area contributed by atoms with Crippen LogP contribution in [0.1, 0.15) is 27.0 Å². The minimum absolute atomic E-state index is 0.0337. The Balaban J connectivity index is 1.63. The molecular weight excluding hydrogens is 392 g/mol. The van der Waals surface area contributed by atoms with Gasteiger partial charge in [0, 0.05) is 22.4 Å². The van der Waals surface area contributed by atoms with Crippen LogP contribution in [0.25, 0.3) is 0 Å². The number of rotatable bonds is 7. The summed E-state index contributed by atoms with van der Waals surface area (Å²) in [4.78, 5) is 1.41. The molecule has 3 rings (SSSR count). The molecule has 1 atom stereocenters. The van der Waals surface area contributed by atoms with Crippen LogP contribution in [0.4, 0.5) is 8.78 Å². The second-order valence-electron chi connectivity index (χ2n) is 5.98. The molecule has 0 radical (unpaired) electrons. The van der Waals surface area contributed by atoms with Gasteiger partial charge in [0.05, 0.1) is 5.75 Å². The fourth-order valence-corrected chi connectivity index (χ4v) is 4.72. The lowest BCUT2D eigenvalue weighted by molar-refractivity contribution is 0.224. The minimum atomic E-state index is -3.77. The molecule has 142 valence electrons. The topological polar surface area (TPSA) is 66.4 Å². The average Bonchev–Trinajstić information content (AvgIpc) is 3.08. The predicted octanol–water partition coefficient (Wildman–Crippen LogP) is 3.73. The van der Waals surface area contributed by atoms with Crippen LogP contribution in [0.5, 0.6) is 0 Å². The normalized spacial score (nSPS) is 12.9. The van der Waals surface area contributed by atoms with E-state index in [-0.39, 0.29) is 12.1 Å². The van der Waals surface area contributed by atoms with Crippen LogP contribution in [-0.2, 0) is 22.3 Å². The third kappa shape index (κ3) is 5.43. The second kappa shape index (κ2) is 8.26. The maximum Gasteiger partial charge on any atom is 0.216 e. The second-order valence-corrected chi connectivity index (χ2v) is 8.98. The van der Waals surface area contributed by atoms with Crippen molar-refractivity contribution in [1.82, 2.24) is 4.72 Å². The van der Waals surface area contributed by atoms with Crippen LogP contribution in [0.15, 0.2) is 60.7 Å². The molecule has 0 saturated carbocycles. The molecule has 0 amide bonds. The number of aliphatic hydroxyl groups excluding tert-OH is 1. The summed E-state index contributed by atoms with van der Waals surface area (Å²) in [7, 11) is -3.77. The summed E-state index contributed by atoms with van der Waals surface area (Å²) in [6.45, 7) is 0.0340. The molecule has 0 spiro atoms. The van der Waals surface area contributed by atoms with E-state index < -0.39 is 33.5 Å². The van der Waals surface area contributed by atoms with Gasteiger partial charge in [-0.1, -0.05) is 30.3 Å². The molecule has 1 heterocycles. The first-order valence-electron chi connectivity index (χ1n) is 8.06. The monoisotopic (exact) mass is 409 g/mol. The molecule has 8 heteroatoms. The van der Waals surface area contributed by atoms with Crippen molar-refractivity contribution in [2.75, 3.05) is 0 Å². The minimum Gasteiger partial charge on any atom is -0.383 e. The third-order valence-corrected chi connectivity index (χ3v) is 6.25. The van der Waals surface area contributed by atoms with Gasteiger partial charge >= 0.3 is 0 Å². The molecule has 4 nitrogen and oxygen atoms in total. The number of nitrogens with one attached hydrogen (secondary N) is 1. The molecule has 1 unspecified atom stereocenters. The summed E-state index contributed by atoms with van der Waals surface area (Å²) in [5.41, 5.74) is 0.783. The number of sulfonamides is 1. The molecule has 2 N–H and O–H groups in total. The van der Waals surface area contributed by atoms with E-state index in [9.17, 15) is 22.3 Å². The van der Waals surface area contributed by atoms with Gasteiger partial charge in [0.25, 0.3) is 0 Å². The van der Waals surface area contributed by atoms with E-state index in [1.165, 1.54) is 11.3 Å². The van der Waals surface area contributed by atoms with Crippen molar-refractivity contribution in [3.8, 4) is 0 Å². The highest BCUT2D eigenvalue weighted by Crippen LogP contribution is 2.28. The standard InChI is InChI=1S/C19H17F2NO3S2/c20-15-8-13(9-16(21)10-15)12-27(24,25)22-11-17-6-7-18(26-17)19(23)14-4-2-1-3-5-14/h1-10,19,22-23H,11-12H2. The summed E-state index contributed by atoms with van der Waals surface area (Å²) < 4.78 is 53.1.